The molecule has 1 N–H and O–H groups in total. The summed E-state index contributed by atoms with van der Waals surface area (Å²) in [6.07, 6.45) is 3.53. The van der Waals surface area contributed by atoms with Crippen molar-refractivity contribution in [3.05, 3.63) is 46.5 Å². The summed E-state index contributed by atoms with van der Waals surface area (Å²) in [5, 5.41) is 9.12. The minimum atomic E-state index is -3.72. The van der Waals surface area contributed by atoms with Crippen molar-refractivity contribution in [2.24, 2.45) is 7.05 Å². The molecule has 112 valence electrons. The zero-order valence-electron chi connectivity index (χ0n) is 11.2. The van der Waals surface area contributed by atoms with Crippen molar-refractivity contribution in [2.45, 2.75) is 11.3 Å². The Morgan fingerprint density at radius 2 is 2.14 bits per heavy atom. The van der Waals surface area contributed by atoms with E-state index in [1.165, 1.54) is 18.2 Å². The molecule has 0 fully saturated rings. The molecule has 0 bridgehead atoms. The third-order valence-electron chi connectivity index (χ3n) is 3.02. The minimum absolute atomic E-state index is 0.182. The van der Waals surface area contributed by atoms with Crippen molar-refractivity contribution in [1.82, 2.24) is 9.55 Å². The maximum Gasteiger partial charge on any atom is 0.337 e. The average Bonchev–Trinajstić information content (AvgIpc) is 2.81. The van der Waals surface area contributed by atoms with Crippen molar-refractivity contribution in [1.29, 1.82) is 0 Å². The number of hydrogen-bond acceptors (Lipinski definition) is 4. The number of rotatable bonds is 5. The van der Waals surface area contributed by atoms with Crippen molar-refractivity contribution in [2.75, 3.05) is 5.75 Å². The van der Waals surface area contributed by atoms with Crippen LogP contribution in [0.3, 0.4) is 0 Å². The van der Waals surface area contributed by atoms with Crippen LogP contribution in [0.25, 0.3) is 0 Å². The van der Waals surface area contributed by atoms with Gasteiger partial charge in [-0.25, -0.2) is 18.2 Å². The fourth-order valence-corrected chi connectivity index (χ4v) is 3.88. The monoisotopic (exact) mass is 372 g/mol. The van der Waals surface area contributed by atoms with E-state index in [4.69, 9.17) is 5.11 Å². The Morgan fingerprint density at radius 1 is 1.43 bits per heavy atom. The van der Waals surface area contributed by atoms with Crippen LogP contribution in [0, 0.1) is 0 Å². The Bertz CT molecular complexity index is 783. The highest BCUT2D eigenvalue weighted by molar-refractivity contribution is 9.10. The molecule has 8 heteroatoms. The molecule has 0 unspecified atom stereocenters. The first-order valence-corrected chi connectivity index (χ1v) is 8.47. The standard InChI is InChI=1S/C13H13BrN2O4S/c1-16-6-5-15-12(16)4-7-21(19,20)11-8-9(14)2-3-10(11)13(17)18/h2-3,5-6,8H,4,7H2,1H3,(H,17,18). The summed E-state index contributed by atoms with van der Waals surface area (Å²) in [7, 11) is -1.94. The molecule has 0 aliphatic heterocycles. The Morgan fingerprint density at radius 3 is 2.71 bits per heavy atom. The van der Waals surface area contributed by atoms with E-state index in [0.29, 0.717) is 10.3 Å². The summed E-state index contributed by atoms with van der Waals surface area (Å²) in [6.45, 7) is 0. The Balaban J connectivity index is 2.33. The lowest BCUT2D eigenvalue weighted by atomic mass is 10.2. The number of imidazole rings is 1. The number of aromatic carboxylic acids is 1. The van der Waals surface area contributed by atoms with Crippen LogP contribution in [0.4, 0.5) is 0 Å². The first kappa shape index (κ1) is 15.7. The van der Waals surface area contributed by atoms with Gasteiger partial charge in [0.15, 0.2) is 9.84 Å². The van der Waals surface area contributed by atoms with Crippen LogP contribution in [0.1, 0.15) is 16.2 Å². The molecule has 0 spiro atoms. The van der Waals surface area contributed by atoms with E-state index in [0.717, 1.165) is 0 Å². The van der Waals surface area contributed by atoms with Crippen LogP contribution < -0.4 is 0 Å². The number of nitrogens with zero attached hydrogens (tertiary/aromatic N) is 2. The highest BCUT2D eigenvalue weighted by Gasteiger charge is 2.23. The van der Waals surface area contributed by atoms with Gasteiger partial charge >= 0.3 is 5.97 Å². The van der Waals surface area contributed by atoms with Gasteiger partial charge < -0.3 is 9.67 Å². The van der Waals surface area contributed by atoms with Crippen LogP contribution in [0.2, 0.25) is 0 Å². The molecule has 0 aliphatic carbocycles. The van der Waals surface area contributed by atoms with E-state index in [-0.39, 0.29) is 22.6 Å². The normalized spacial score (nSPS) is 11.5. The molecular weight excluding hydrogens is 360 g/mol. The molecule has 0 saturated heterocycles. The fourth-order valence-electron chi connectivity index (χ4n) is 1.90. The third kappa shape index (κ3) is 3.51. The smallest absolute Gasteiger partial charge is 0.337 e. The summed E-state index contributed by atoms with van der Waals surface area (Å²) >= 11 is 3.17. The van der Waals surface area contributed by atoms with Crippen LogP contribution >= 0.6 is 15.9 Å². The average molecular weight is 373 g/mol. The molecule has 2 aromatic rings. The third-order valence-corrected chi connectivity index (χ3v) is 5.27. The number of aryl methyl sites for hydroxylation is 2. The number of carboxylic acid groups (broad SMARTS) is 1. The van der Waals surface area contributed by atoms with Crippen molar-refractivity contribution >= 4 is 31.7 Å². The lowest BCUT2D eigenvalue weighted by Crippen LogP contribution is -2.15. The molecule has 21 heavy (non-hydrogen) atoms. The molecule has 0 amide bonds. The molecular formula is C13H13BrN2O4S. The highest BCUT2D eigenvalue weighted by atomic mass is 79.9. The van der Waals surface area contributed by atoms with Gasteiger partial charge in [-0.05, 0) is 18.2 Å². The SMILES string of the molecule is Cn1ccnc1CCS(=O)(=O)c1cc(Br)ccc1C(=O)O. The van der Waals surface area contributed by atoms with Crippen molar-refractivity contribution < 1.29 is 18.3 Å². The predicted octanol–water partition coefficient (Wildman–Crippen LogP) is 1.90. The first-order valence-electron chi connectivity index (χ1n) is 6.03. The van der Waals surface area contributed by atoms with Crippen LogP contribution in [-0.4, -0.2) is 34.8 Å². The summed E-state index contributed by atoms with van der Waals surface area (Å²) in [6, 6.07) is 4.10. The minimum Gasteiger partial charge on any atom is -0.478 e. The van der Waals surface area contributed by atoms with E-state index in [1.54, 1.807) is 24.0 Å². The number of hydrogen-bond donors (Lipinski definition) is 1. The first-order chi connectivity index (χ1) is 9.81. The molecule has 1 heterocycles. The molecule has 0 saturated carbocycles. The maximum absolute atomic E-state index is 12.4. The number of sulfone groups is 1. The Labute approximate surface area is 130 Å². The van der Waals surface area contributed by atoms with Crippen LogP contribution in [0.15, 0.2) is 40.0 Å². The van der Waals surface area contributed by atoms with Gasteiger partial charge in [-0.15, -0.1) is 0 Å². The zero-order chi connectivity index (χ0) is 15.6. The number of carboxylic acids is 1. The van der Waals surface area contributed by atoms with E-state index >= 15 is 0 Å². The fraction of sp³-hybridized carbons (Fsp3) is 0.231. The highest BCUT2D eigenvalue weighted by Crippen LogP contribution is 2.23. The molecule has 0 aliphatic rings. The van der Waals surface area contributed by atoms with Gasteiger partial charge in [-0.1, -0.05) is 15.9 Å². The summed E-state index contributed by atoms with van der Waals surface area (Å²) in [5.41, 5.74) is -0.224. The molecule has 0 radical (unpaired) electrons. The second kappa shape index (κ2) is 5.98. The van der Waals surface area contributed by atoms with Gasteiger partial charge in [-0.2, -0.15) is 0 Å². The Hall–Kier alpha value is -1.67. The van der Waals surface area contributed by atoms with E-state index < -0.39 is 15.8 Å². The van der Waals surface area contributed by atoms with Gasteiger partial charge in [0.25, 0.3) is 0 Å². The largest absolute Gasteiger partial charge is 0.478 e. The second-order valence-corrected chi connectivity index (χ2v) is 7.46. The molecule has 0 atom stereocenters. The molecule has 2 rings (SSSR count). The molecule has 1 aromatic heterocycles. The van der Waals surface area contributed by atoms with Crippen molar-refractivity contribution in [3.63, 3.8) is 0 Å². The van der Waals surface area contributed by atoms with Gasteiger partial charge in [0.1, 0.15) is 5.82 Å². The lowest BCUT2D eigenvalue weighted by molar-refractivity contribution is 0.0692. The maximum atomic E-state index is 12.4. The number of benzene rings is 1. The van der Waals surface area contributed by atoms with Gasteiger partial charge in [0, 0.05) is 30.3 Å². The Kier molecular flexibility index (Phi) is 4.48. The van der Waals surface area contributed by atoms with Crippen LogP contribution in [0.5, 0.6) is 0 Å². The number of halogens is 1. The van der Waals surface area contributed by atoms with Gasteiger partial charge in [0.05, 0.1) is 16.2 Å². The molecule has 1 aromatic carbocycles. The predicted molar refractivity (Wildman–Crippen MR) is 80.1 cm³/mol. The second-order valence-electron chi connectivity index (χ2n) is 4.47. The zero-order valence-corrected chi connectivity index (χ0v) is 13.6. The summed E-state index contributed by atoms with van der Waals surface area (Å²) < 4.78 is 27.0. The lowest BCUT2D eigenvalue weighted by Gasteiger charge is -2.08. The number of aromatic nitrogens is 2. The van der Waals surface area contributed by atoms with E-state index in [1.807, 2.05) is 0 Å². The molecule has 6 nitrogen and oxygen atoms in total. The van der Waals surface area contributed by atoms with Crippen molar-refractivity contribution in [3.8, 4) is 0 Å². The van der Waals surface area contributed by atoms with E-state index in [2.05, 4.69) is 20.9 Å². The summed E-state index contributed by atoms with van der Waals surface area (Å²) in [5.74, 6) is -0.835. The van der Waals surface area contributed by atoms with Gasteiger partial charge in [-0.3, -0.25) is 0 Å². The summed E-state index contributed by atoms with van der Waals surface area (Å²) in [4.78, 5) is 15.0. The topological polar surface area (TPSA) is 89.3 Å². The van der Waals surface area contributed by atoms with E-state index in [9.17, 15) is 13.2 Å². The quantitative estimate of drug-likeness (QED) is 0.865. The van der Waals surface area contributed by atoms with Crippen LogP contribution in [-0.2, 0) is 23.3 Å². The van der Waals surface area contributed by atoms with Gasteiger partial charge in [0.2, 0.25) is 0 Å². The number of carbonyl (C=O) groups is 1.